The molecule has 0 bridgehead atoms. The lowest BCUT2D eigenvalue weighted by atomic mass is 10.1. The number of rotatable bonds is 4. The highest BCUT2D eigenvalue weighted by molar-refractivity contribution is 7.80. The van der Waals surface area contributed by atoms with Crippen molar-refractivity contribution in [2.24, 2.45) is 0 Å². The minimum absolute atomic E-state index is 0.0615. The topological polar surface area (TPSA) is 70.2 Å². The van der Waals surface area contributed by atoms with E-state index >= 15 is 0 Å². The van der Waals surface area contributed by atoms with E-state index in [-0.39, 0.29) is 16.9 Å². The minimum atomic E-state index is -0.300. The Kier molecular flexibility index (Phi) is 6.05. The van der Waals surface area contributed by atoms with Crippen molar-refractivity contribution in [2.45, 2.75) is 12.8 Å². The first-order valence-electron chi connectivity index (χ1n) is 6.63. The molecule has 1 heterocycles. The molecule has 2 rings (SSSR count). The van der Waals surface area contributed by atoms with Gasteiger partial charge in [0.05, 0.1) is 4.88 Å². The Morgan fingerprint density at radius 3 is 2.50 bits per heavy atom. The number of aryl methyl sites for hydroxylation is 1. The molecule has 0 unspecified atom stereocenters. The van der Waals surface area contributed by atoms with E-state index in [1.165, 1.54) is 11.3 Å². The molecule has 2 amide bonds. The summed E-state index contributed by atoms with van der Waals surface area (Å²) in [6, 6.07) is 13.2. The van der Waals surface area contributed by atoms with Crippen molar-refractivity contribution in [3.8, 4) is 0 Å². The zero-order valence-corrected chi connectivity index (χ0v) is 13.3. The van der Waals surface area contributed by atoms with Gasteiger partial charge in [0.2, 0.25) is 5.91 Å². The average Bonchev–Trinajstić information content (AvgIpc) is 3.06. The standard InChI is InChI=1S/C15H15N3O2S2/c19-13(9-8-11-5-2-1-3-6-11)17-18-15(21)16-14(20)12-7-4-10-22-12/h1-7,10H,8-9H2,(H,17,19)(H2,16,18,20,21). The Morgan fingerprint density at radius 2 is 1.82 bits per heavy atom. The maximum Gasteiger partial charge on any atom is 0.267 e. The van der Waals surface area contributed by atoms with E-state index in [0.29, 0.717) is 17.7 Å². The average molecular weight is 333 g/mol. The number of benzene rings is 1. The second kappa shape index (κ2) is 8.26. The number of hydrazine groups is 1. The second-order valence-corrected chi connectivity index (χ2v) is 5.78. The van der Waals surface area contributed by atoms with Crippen molar-refractivity contribution in [1.29, 1.82) is 0 Å². The fraction of sp³-hybridized carbons (Fsp3) is 0.133. The van der Waals surface area contributed by atoms with Gasteiger partial charge in [-0.25, -0.2) is 0 Å². The molecule has 3 N–H and O–H groups in total. The van der Waals surface area contributed by atoms with Crippen LogP contribution in [0.2, 0.25) is 0 Å². The number of hydrogen-bond acceptors (Lipinski definition) is 4. The van der Waals surface area contributed by atoms with Crippen LogP contribution in [0.15, 0.2) is 47.8 Å². The first kappa shape index (κ1) is 16.1. The van der Waals surface area contributed by atoms with Crippen LogP contribution >= 0.6 is 23.6 Å². The van der Waals surface area contributed by atoms with Crippen molar-refractivity contribution >= 4 is 40.5 Å². The highest BCUT2D eigenvalue weighted by atomic mass is 32.1. The summed E-state index contributed by atoms with van der Waals surface area (Å²) < 4.78 is 0. The SMILES string of the molecule is O=C(CCc1ccccc1)NNC(=S)NC(=O)c1cccs1. The molecule has 114 valence electrons. The van der Waals surface area contributed by atoms with Crippen LogP contribution in [0.4, 0.5) is 0 Å². The number of nitrogens with one attached hydrogen (secondary N) is 3. The van der Waals surface area contributed by atoms with Gasteiger partial charge in [-0.1, -0.05) is 36.4 Å². The Morgan fingerprint density at radius 1 is 1.05 bits per heavy atom. The van der Waals surface area contributed by atoms with E-state index in [9.17, 15) is 9.59 Å². The molecule has 0 saturated carbocycles. The van der Waals surface area contributed by atoms with Crippen LogP contribution < -0.4 is 16.2 Å². The van der Waals surface area contributed by atoms with Crippen molar-refractivity contribution in [3.05, 3.63) is 58.3 Å². The van der Waals surface area contributed by atoms with Gasteiger partial charge in [-0.15, -0.1) is 11.3 Å². The van der Waals surface area contributed by atoms with E-state index in [0.717, 1.165) is 5.56 Å². The number of thiophene rings is 1. The van der Waals surface area contributed by atoms with E-state index in [1.807, 2.05) is 30.3 Å². The molecule has 0 atom stereocenters. The Bertz CT molecular complexity index is 642. The summed E-state index contributed by atoms with van der Waals surface area (Å²) in [5.41, 5.74) is 6.07. The van der Waals surface area contributed by atoms with Crippen LogP contribution in [0.25, 0.3) is 0 Å². The molecule has 22 heavy (non-hydrogen) atoms. The van der Waals surface area contributed by atoms with E-state index in [4.69, 9.17) is 12.2 Å². The van der Waals surface area contributed by atoms with Crippen molar-refractivity contribution in [1.82, 2.24) is 16.2 Å². The summed E-state index contributed by atoms with van der Waals surface area (Å²) in [4.78, 5) is 24.0. The second-order valence-electron chi connectivity index (χ2n) is 4.42. The number of carbonyl (C=O) groups is 2. The van der Waals surface area contributed by atoms with Gasteiger partial charge in [0.25, 0.3) is 5.91 Å². The maximum atomic E-state index is 11.7. The lowest BCUT2D eigenvalue weighted by Crippen LogP contribution is -2.48. The zero-order valence-electron chi connectivity index (χ0n) is 11.7. The van der Waals surface area contributed by atoms with Gasteiger partial charge < -0.3 is 0 Å². The van der Waals surface area contributed by atoms with Crippen LogP contribution in [-0.4, -0.2) is 16.9 Å². The van der Waals surface area contributed by atoms with Crippen molar-refractivity contribution in [2.75, 3.05) is 0 Å². The molecule has 0 aliphatic heterocycles. The minimum Gasteiger partial charge on any atom is -0.297 e. The summed E-state index contributed by atoms with van der Waals surface area (Å²) >= 11 is 6.26. The Balaban J connectivity index is 1.67. The summed E-state index contributed by atoms with van der Waals surface area (Å²) in [6.45, 7) is 0. The van der Waals surface area contributed by atoms with Gasteiger partial charge in [0.15, 0.2) is 5.11 Å². The number of hydrogen-bond donors (Lipinski definition) is 3. The molecular weight excluding hydrogens is 318 g/mol. The molecule has 0 fully saturated rings. The predicted octanol–water partition coefficient (Wildman–Crippen LogP) is 2.02. The number of carbonyl (C=O) groups excluding carboxylic acids is 2. The van der Waals surface area contributed by atoms with Gasteiger partial charge in [0, 0.05) is 6.42 Å². The van der Waals surface area contributed by atoms with Crippen molar-refractivity contribution in [3.63, 3.8) is 0 Å². The fourth-order valence-corrected chi connectivity index (χ4v) is 2.46. The monoisotopic (exact) mass is 333 g/mol. The zero-order chi connectivity index (χ0) is 15.8. The third-order valence-electron chi connectivity index (χ3n) is 2.77. The normalized spacial score (nSPS) is 9.82. The fourth-order valence-electron chi connectivity index (χ4n) is 1.70. The molecule has 5 nitrogen and oxygen atoms in total. The summed E-state index contributed by atoms with van der Waals surface area (Å²) in [5.74, 6) is -0.498. The summed E-state index contributed by atoms with van der Waals surface area (Å²) in [6.07, 6.45) is 0.973. The van der Waals surface area contributed by atoms with Crippen LogP contribution in [0, 0.1) is 0 Å². The van der Waals surface area contributed by atoms with Crippen LogP contribution in [0.3, 0.4) is 0 Å². The highest BCUT2D eigenvalue weighted by Crippen LogP contribution is 2.07. The quantitative estimate of drug-likeness (QED) is 0.591. The Hall–Kier alpha value is -2.25. The molecule has 2 aromatic rings. The molecule has 0 radical (unpaired) electrons. The van der Waals surface area contributed by atoms with E-state index in [1.54, 1.807) is 17.5 Å². The first-order valence-corrected chi connectivity index (χ1v) is 7.91. The molecule has 0 aliphatic carbocycles. The van der Waals surface area contributed by atoms with Gasteiger partial charge in [-0.3, -0.25) is 25.8 Å². The van der Waals surface area contributed by atoms with Gasteiger partial charge in [-0.05, 0) is 35.6 Å². The Labute approximate surface area is 137 Å². The maximum absolute atomic E-state index is 11.7. The van der Waals surface area contributed by atoms with Crippen LogP contribution in [0.5, 0.6) is 0 Å². The lowest BCUT2D eigenvalue weighted by molar-refractivity contribution is -0.121. The van der Waals surface area contributed by atoms with Gasteiger partial charge in [0.1, 0.15) is 0 Å². The summed E-state index contributed by atoms with van der Waals surface area (Å²) in [5, 5.41) is 4.35. The third kappa shape index (κ3) is 5.27. The third-order valence-corrected chi connectivity index (χ3v) is 3.84. The van der Waals surface area contributed by atoms with E-state index in [2.05, 4.69) is 16.2 Å². The largest absolute Gasteiger partial charge is 0.297 e. The number of amides is 2. The summed E-state index contributed by atoms with van der Waals surface area (Å²) in [7, 11) is 0. The van der Waals surface area contributed by atoms with Crippen LogP contribution in [-0.2, 0) is 11.2 Å². The highest BCUT2D eigenvalue weighted by Gasteiger charge is 2.09. The smallest absolute Gasteiger partial charge is 0.267 e. The molecule has 0 aliphatic rings. The molecule has 7 heteroatoms. The van der Waals surface area contributed by atoms with Crippen LogP contribution in [0.1, 0.15) is 21.7 Å². The number of thiocarbonyl (C=S) groups is 1. The van der Waals surface area contributed by atoms with Crippen molar-refractivity contribution < 1.29 is 9.59 Å². The molecule has 0 spiro atoms. The molecular formula is C15H15N3O2S2. The van der Waals surface area contributed by atoms with E-state index < -0.39 is 0 Å². The molecule has 1 aromatic carbocycles. The first-order chi connectivity index (χ1) is 10.6. The predicted molar refractivity (Wildman–Crippen MR) is 90.4 cm³/mol. The van der Waals surface area contributed by atoms with Gasteiger partial charge in [-0.2, -0.15) is 0 Å². The molecule has 1 aromatic heterocycles. The van der Waals surface area contributed by atoms with Gasteiger partial charge >= 0.3 is 0 Å². The lowest BCUT2D eigenvalue weighted by Gasteiger charge is -2.10. The molecule has 0 saturated heterocycles.